The van der Waals surface area contributed by atoms with Crippen molar-refractivity contribution in [1.29, 1.82) is 0 Å². The van der Waals surface area contributed by atoms with Crippen LogP contribution in [0, 0.1) is 6.92 Å². The fourth-order valence-electron chi connectivity index (χ4n) is 2.87. The zero-order valence-corrected chi connectivity index (χ0v) is 11.4. The summed E-state index contributed by atoms with van der Waals surface area (Å²) in [6, 6.07) is 0.582. The highest BCUT2D eigenvalue weighted by molar-refractivity contribution is 5.20. The monoisotopic (exact) mass is 235 g/mol. The molecule has 1 heterocycles. The van der Waals surface area contributed by atoms with Crippen molar-refractivity contribution in [3.05, 3.63) is 17.2 Å². The zero-order chi connectivity index (χ0) is 12.3. The van der Waals surface area contributed by atoms with Crippen LogP contribution in [0.2, 0.25) is 0 Å². The topological polar surface area (TPSA) is 29.9 Å². The summed E-state index contributed by atoms with van der Waals surface area (Å²) in [7, 11) is 2.07. The molecule has 1 aromatic rings. The molecule has 0 saturated carbocycles. The van der Waals surface area contributed by atoms with Crippen molar-refractivity contribution < 1.29 is 0 Å². The van der Waals surface area contributed by atoms with Crippen LogP contribution in [-0.2, 0) is 19.4 Å². The molecule has 96 valence electrons. The summed E-state index contributed by atoms with van der Waals surface area (Å²) < 4.78 is 2.45. The summed E-state index contributed by atoms with van der Waals surface area (Å²) in [5.41, 5.74) is 2.87. The maximum absolute atomic E-state index is 4.73. The smallest absolute Gasteiger partial charge is 0.106 e. The van der Waals surface area contributed by atoms with Crippen molar-refractivity contribution in [2.45, 2.75) is 65.0 Å². The van der Waals surface area contributed by atoms with Crippen molar-refractivity contribution in [3.63, 3.8) is 0 Å². The molecule has 0 aliphatic heterocycles. The van der Waals surface area contributed by atoms with Gasteiger partial charge >= 0.3 is 0 Å². The lowest BCUT2D eigenvalue weighted by molar-refractivity contribution is 0.434. The predicted octanol–water partition coefficient (Wildman–Crippen LogP) is 2.46. The number of imidazole rings is 1. The third-order valence-electron chi connectivity index (χ3n) is 3.87. The lowest BCUT2D eigenvalue weighted by atomic mass is 10.0. The first kappa shape index (κ1) is 12.6. The number of nitrogens with zero attached hydrogens (tertiary/aromatic N) is 2. The highest BCUT2D eigenvalue weighted by atomic mass is 15.1. The number of nitrogens with one attached hydrogen (secondary N) is 1. The minimum Gasteiger partial charge on any atom is -0.330 e. The predicted molar refractivity (Wildman–Crippen MR) is 71.4 cm³/mol. The molecule has 3 nitrogen and oxygen atoms in total. The first-order valence-corrected chi connectivity index (χ1v) is 6.98. The van der Waals surface area contributed by atoms with Crippen LogP contribution in [-0.4, -0.2) is 22.6 Å². The Balaban J connectivity index is 2.16. The third-order valence-corrected chi connectivity index (χ3v) is 3.87. The standard InChI is InChI=1S/C14H25N3/c1-4-7-12(15-3)10-17-11(2)16-13-8-5-6-9-14(13)17/h12,15H,4-10H2,1-3H3. The van der Waals surface area contributed by atoms with E-state index in [-0.39, 0.29) is 0 Å². The fourth-order valence-corrected chi connectivity index (χ4v) is 2.87. The molecule has 0 saturated heterocycles. The van der Waals surface area contributed by atoms with Gasteiger partial charge in [-0.3, -0.25) is 0 Å². The third kappa shape index (κ3) is 2.71. The first-order valence-electron chi connectivity index (χ1n) is 6.98. The molecular weight excluding hydrogens is 210 g/mol. The Morgan fingerprint density at radius 1 is 1.35 bits per heavy atom. The number of fused-ring (bicyclic) bond motifs is 1. The summed E-state index contributed by atoms with van der Waals surface area (Å²) in [4.78, 5) is 4.73. The van der Waals surface area contributed by atoms with E-state index < -0.39 is 0 Å². The Bertz CT molecular complexity index is 368. The van der Waals surface area contributed by atoms with Gasteiger partial charge in [0, 0.05) is 18.3 Å². The normalized spacial score (nSPS) is 16.9. The molecular formula is C14H25N3. The molecule has 0 spiro atoms. The van der Waals surface area contributed by atoms with Gasteiger partial charge in [0.15, 0.2) is 0 Å². The molecule has 1 aliphatic carbocycles. The molecule has 0 fully saturated rings. The van der Waals surface area contributed by atoms with Gasteiger partial charge in [-0.2, -0.15) is 0 Å². The molecule has 1 atom stereocenters. The Morgan fingerprint density at radius 3 is 2.82 bits per heavy atom. The number of likely N-dealkylation sites (N-methyl/N-ethyl adjacent to an activating group) is 1. The Kier molecular flexibility index (Phi) is 4.21. The molecule has 0 bridgehead atoms. The molecule has 0 amide bonds. The van der Waals surface area contributed by atoms with E-state index in [2.05, 4.69) is 30.8 Å². The maximum Gasteiger partial charge on any atom is 0.106 e. The van der Waals surface area contributed by atoms with Crippen molar-refractivity contribution in [2.75, 3.05) is 7.05 Å². The van der Waals surface area contributed by atoms with Gasteiger partial charge in [-0.15, -0.1) is 0 Å². The van der Waals surface area contributed by atoms with Gasteiger partial charge in [0.1, 0.15) is 5.82 Å². The quantitative estimate of drug-likeness (QED) is 0.849. The molecule has 0 aromatic carbocycles. The van der Waals surface area contributed by atoms with Gasteiger partial charge in [0.05, 0.1) is 5.69 Å². The average Bonchev–Trinajstić information content (AvgIpc) is 2.65. The summed E-state index contributed by atoms with van der Waals surface area (Å²) in [5, 5.41) is 3.43. The van der Waals surface area contributed by atoms with Crippen LogP contribution >= 0.6 is 0 Å². The number of rotatable bonds is 5. The number of hydrogen-bond acceptors (Lipinski definition) is 2. The fraction of sp³-hybridized carbons (Fsp3) is 0.786. The van der Waals surface area contributed by atoms with Crippen LogP contribution < -0.4 is 5.32 Å². The van der Waals surface area contributed by atoms with E-state index in [9.17, 15) is 0 Å². The van der Waals surface area contributed by atoms with Gasteiger partial charge in [-0.1, -0.05) is 13.3 Å². The van der Waals surface area contributed by atoms with E-state index in [0.29, 0.717) is 6.04 Å². The minimum atomic E-state index is 0.582. The van der Waals surface area contributed by atoms with Crippen LogP contribution in [0.5, 0.6) is 0 Å². The highest BCUT2D eigenvalue weighted by Gasteiger charge is 2.19. The Morgan fingerprint density at radius 2 is 2.12 bits per heavy atom. The summed E-state index contributed by atoms with van der Waals surface area (Å²) >= 11 is 0. The van der Waals surface area contributed by atoms with Crippen LogP contribution in [0.15, 0.2) is 0 Å². The second-order valence-electron chi connectivity index (χ2n) is 5.14. The largest absolute Gasteiger partial charge is 0.330 e. The molecule has 1 unspecified atom stereocenters. The summed E-state index contributed by atoms with van der Waals surface area (Å²) in [6.07, 6.45) is 7.52. The van der Waals surface area contributed by atoms with Crippen LogP contribution in [0.3, 0.4) is 0 Å². The molecule has 0 radical (unpaired) electrons. The Labute approximate surface area is 105 Å². The van der Waals surface area contributed by atoms with Crippen molar-refractivity contribution in [1.82, 2.24) is 14.9 Å². The molecule has 1 N–H and O–H groups in total. The SMILES string of the molecule is CCCC(Cn1c(C)nc2c1CCCC2)NC. The second kappa shape index (κ2) is 5.67. The van der Waals surface area contributed by atoms with Crippen molar-refractivity contribution in [2.24, 2.45) is 0 Å². The summed E-state index contributed by atoms with van der Waals surface area (Å²) in [5.74, 6) is 1.20. The molecule has 1 aromatic heterocycles. The number of aryl methyl sites for hydroxylation is 2. The van der Waals surface area contributed by atoms with Crippen LogP contribution in [0.1, 0.15) is 49.8 Å². The van der Waals surface area contributed by atoms with Crippen molar-refractivity contribution in [3.8, 4) is 0 Å². The molecule has 17 heavy (non-hydrogen) atoms. The van der Waals surface area contributed by atoms with Crippen LogP contribution in [0.25, 0.3) is 0 Å². The second-order valence-corrected chi connectivity index (χ2v) is 5.14. The molecule has 2 rings (SSSR count). The number of aromatic nitrogens is 2. The van der Waals surface area contributed by atoms with Gasteiger partial charge in [0.2, 0.25) is 0 Å². The van der Waals surface area contributed by atoms with Gasteiger partial charge in [-0.05, 0) is 46.1 Å². The summed E-state index contributed by atoms with van der Waals surface area (Å²) in [6.45, 7) is 5.48. The van der Waals surface area contributed by atoms with E-state index in [1.165, 1.54) is 55.7 Å². The highest BCUT2D eigenvalue weighted by Crippen LogP contribution is 2.22. The van der Waals surface area contributed by atoms with Gasteiger partial charge < -0.3 is 9.88 Å². The van der Waals surface area contributed by atoms with E-state index in [4.69, 9.17) is 4.98 Å². The van der Waals surface area contributed by atoms with Crippen molar-refractivity contribution >= 4 is 0 Å². The maximum atomic E-state index is 4.73. The van der Waals surface area contributed by atoms with E-state index in [1.807, 2.05) is 0 Å². The molecule has 3 heteroatoms. The van der Waals surface area contributed by atoms with E-state index in [0.717, 1.165) is 6.54 Å². The van der Waals surface area contributed by atoms with E-state index >= 15 is 0 Å². The zero-order valence-electron chi connectivity index (χ0n) is 11.4. The van der Waals surface area contributed by atoms with Gasteiger partial charge in [-0.25, -0.2) is 4.98 Å². The average molecular weight is 235 g/mol. The van der Waals surface area contributed by atoms with Gasteiger partial charge in [0.25, 0.3) is 0 Å². The first-order chi connectivity index (χ1) is 8.26. The lowest BCUT2D eigenvalue weighted by Gasteiger charge is -2.20. The Hall–Kier alpha value is -0.830. The molecule has 1 aliphatic rings. The minimum absolute atomic E-state index is 0.582. The number of hydrogen-bond donors (Lipinski definition) is 1. The van der Waals surface area contributed by atoms with E-state index in [1.54, 1.807) is 0 Å². The lowest BCUT2D eigenvalue weighted by Crippen LogP contribution is -2.31. The van der Waals surface area contributed by atoms with Crippen LogP contribution in [0.4, 0.5) is 0 Å².